The SMILES string of the molecule is Cc1ccccc1NC(=O)Nc1ccc2c(c1)C(=O)N(C)[C@H]1CC[C@@H](CC(=O)O)O[C@@H]1CO2. The van der Waals surface area contributed by atoms with Gasteiger partial charge in [-0.05, 0) is 49.6 Å². The van der Waals surface area contributed by atoms with Gasteiger partial charge in [0, 0.05) is 18.4 Å². The minimum absolute atomic E-state index is 0.0724. The summed E-state index contributed by atoms with van der Waals surface area (Å²) in [6.45, 7) is 2.10. The van der Waals surface area contributed by atoms with Crippen molar-refractivity contribution in [3.05, 3.63) is 53.6 Å². The molecule has 1 fully saturated rings. The number of benzene rings is 2. The van der Waals surface area contributed by atoms with Gasteiger partial charge in [0.15, 0.2) is 0 Å². The van der Waals surface area contributed by atoms with E-state index in [1.807, 2.05) is 31.2 Å². The number of carboxylic acid groups (broad SMARTS) is 1. The number of para-hydroxylation sites is 1. The van der Waals surface area contributed by atoms with Crippen LogP contribution < -0.4 is 15.4 Å². The van der Waals surface area contributed by atoms with E-state index in [2.05, 4.69) is 10.6 Å². The molecule has 0 aliphatic carbocycles. The number of aryl methyl sites for hydroxylation is 1. The Labute approximate surface area is 191 Å². The number of carbonyl (C=O) groups is 3. The van der Waals surface area contributed by atoms with Crippen LogP contribution in [0, 0.1) is 6.92 Å². The molecule has 0 radical (unpaired) electrons. The number of urea groups is 1. The summed E-state index contributed by atoms with van der Waals surface area (Å²) in [4.78, 5) is 38.4. The van der Waals surface area contributed by atoms with Crippen LogP contribution in [0.4, 0.5) is 16.2 Å². The average Bonchev–Trinajstić information content (AvgIpc) is 2.78. The molecule has 3 atom stereocenters. The van der Waals surface area contributed by atoms with E-state index in [9.17, 15) is 14.4 Å². The second kappa shape index (κ2) is 9.50. The van der Waals surface area contributed by atoms with Crippen molar-refractivity contribution >= 4 is 29.3 Å². The van der Waals surface area contributed by atoms with Crippen LogP contribution in [0.15, 0.2) is 42.5 Å². The number of amides is 3. The monoisotopic (exact) mass is 453 g/mol. The molecule has 2 heterocycles. The normalized spacial score (nSPS) is 22.2. The summed E-state index contributed by atoms with van der Waals surface area (Å²) in [5.41, 5.74) is 2.44. The number of fused-ring (bicyclic) bond motifs is 2. The smallest absolute Gasteiger partial charge is 0.323 e. The lowest BCUT2D eigenvalue weighted by molar-refractivity contribution is -0.148. The van der Waals surface area contributed by atoms with Crippen LogP contribution in [0.3, 0.4) is 0 Å². The van der Waals surface area contributed by atoms with Crippen molar-refractivity contribution in [2.24, 2.45) is 0 Å². The summed E-state index contributed by atoms with van der Waals surface area (Å²) in [7, 11) is 1.71. The Bertz CT molecular complexity index is 1070. The number of anilines is 2. The molecule has 0 spiro atoms. The van der Waals surface area contributed by atoms with Gasteiger partial charge in [-0.3, -0.25) is 9.59 Å². The number of carboxylic acids is 1. The number of hydrogen-bond donors (Lipinski definition) is 3. The second-order valence-corrected chi connectivity index (χ2v) is 8.37. The topological polar surface area (TPSA) is 117 Å². The fourth-order valence-corrected chi connectivity index (χ4v) is 4.30. The first-order valence-corrected chi connectivity index (χ1v) is 10.9. The maximum absolute atomic E-state index is 13.2. The molecule has 2 aliphatic rings. The van der Waals surface area contributed by atoms with Crippen molar-refractivity contribution in [1.29, 1.82) is 0 Å². The highest BCUT2D eigenvalue weighted by atomic mass is 16.5. The fourth-order valence-electron chi connectivity index (χ4n) is 4.30. The van der Waals surface area contributed by atoms with E-state index >= 15 is 0 Å². The van der Waals surface area contributed by atoms with E-state index in [-0.39, 0.29) is 25.0 Å². The summed E-state index contributed by atoms with van der Waals surface area (Å²) in [5.74, 6) is -0.770. The quantitative estimate of drug-likeness (QED) is 0.652. The molecule has 1 saturated heterocycles. The van der Waals surface area contributed by atoms with Crippen molar-refractivity contribution < 1.29 is 29.0 Å². The molecule has 0 bridgehead atoms. The molecule has 3 N–H and O–H groups in total. The average molecular weight is 453 g/mol. The standard InChI is InChI=1S/C24H27N3O6/c1-14-5-3-4-6-18(14)26-24(31)25-15-7-10-20-17(11-15)23(30)27(2)19-9-8-16(12-22(28)29)33-21(19)13-32-20/h3-7,10-11,16,19,21H,8-9,12-13H2,1-2H3,(H,28,29)(H2,25,26,31)/t16-,19-,21+/m0/s1. The number of nitrogens with one attached hydrogen (secondary N) is 2. The van der Waals surface area contributed by atoms with Crippen LogP contribution in [-0.2, 0) is 9.53 Å². The highest BCUT2D eigenvalue weighted by molar-refractivity contribution is 6.02. The molecular weight excluding hydrogens is 426 g/mol. The van der Waals surface area contributed by atoms with E-state index in [4.69, 9.17) is 14.6 Å². The van der Waals surface area contributed by atoms with Crippen LogP contribution >= 0.6 is 0 Å². The van der Waals surface area contributed by atoms with E-state index < -0.39 is 24.2 Å². The number of nitrogens with zero attached hydrogens (tertiary/aromatic N) is 1. The minimum atomic E-state index is -0.911. The third-order valence-corrected chi connectivity index (χ3v) is 6.07. The van der Waals surface area contributed by atoms with Crippen LogP contribution in [-0.4, -0.2) is 59.8 Å². The summed E-state index contributed by atoms with van der Waals surface area (Å²) in [5, 5.41) is 14.6. The lowest BCUT2D eigenvalue weighted by atomic mass is 9.94. The Kier molecular flexibility index (Phi) is 6.50. The lowest BCUT2D eigenvalue weighted by Gasteiger charge is -2.42. The highest BCUT2D eigenvalue weighted by Gasteiger charge is 2.39. The first-order chi connectivity index (χ1) is 15.8. The van der Waals surface area contributed by atoms with Gasteiger partial charge in [-0.1, -0.05) is 18.2 Å². The molecule has 2 aromatic carbocycles. The van der Waals surface area contributed by atoms with Gasteiger partial charge >= 0.3 is 12.0 Å². The summed E-state index contributed by atoms with van der Waals surface area (Å²) >= 11 is 0. The van der Waals surface area contributed by atoms with Crippen LogP contribution in [0.2, 0.25) is 0 Å². The zero-order valence-electron chi connectivity index (χ0n) is 18.5. The van der Waals surface area contributed by atoms with Gasteiger partial charge in [-0.25, -0.2) is 4.79 Å². The summed E-state index contributed by atoms with van der Waals surface area (Å²) in [6.07, 6.45) is 0.298. The Morgan fingerprint density at radius 2 is 1.94 bits per heavy atom. The molecular formula is C24H27N3O6. The third-order valence-electron chi connectivity index (χ3n) is 6.07. The van der Waals surface area contributed by atoms with Gasteiger partial charge in [0.05, 0.1) is 24.1 Å². The Balaban J connectivity index is 1.49. The molecule has 4 rings (SSSR count). The first-order valence-electron chi connectivity index (χ1n) is 10.9. The van der Waals surface area contributed by atoms with E-state index in [0.717, 1.165) is 5.56 Å². The highest BCUT2D eigenvalue weighted by Crippen LogP contribution is 2.32. The molecule has 0 unspecified atom stereocenters. The van der Waals surface area contributed by atoms with Crippen molar-refractivity contribution in [1.82, 2.24) is 4.90 Å². The van der Waals surface area contributed by atoms with E-state index in [1.54, 1.807) is 30.1 Å². The van der Waals surface area contributed by atoms with Gasteiger partial charge in [-0.15, -0.1) is 0 Å². The number of rotatable bonds is 4. The number of carbonyl (C=O) groups excluding carboxylic acids is 2. The van der Waals surface area contributed by atoms with Crippen LogP contribution in [0.1, 0.15) is 35.2 Å². The number of likely N-dealkylation sites (N-methyl/N-ethyl adjacent to an activating group) is 1. The molecule has 0 saturated carbocycles. The van der Waals surface area contributed by atoms with Gasteiger partial charge in [0.1, 0.15) is 18.5 Å². The molecule has 9 heteroatoms. The first kappa shape index (κ1) is 22.6. The molecule has 174 valence electrons. The fraction of sp³-hybridized carbons (Fsp3) is 0.375. The van der Waals surface area contributed by atoms with E-state index in [0.29, 0.717) is 35.5 Å². The summed E-state index contributed by atoms with van der Waals surface area (Å²) in [6, 6.07) is 11.7. The van der Waals surface area contributed by atoms with Crippen molar-refractivity contribution in [2.75, 3.05) is 24.3 Å². The minimum Gasteiger partial charge on any atom is -0.490 e. The van der Waals surface area contributed by atoms with Crippen LogP contribution in [0.5, 0.6) is 5.75 Å². The van der Waals surface area contributed by atoms with Crippen LogP contribution in [0.25, 0.3) is 0 Å². The zero-order chi connectivity index (χ0) is 23.5. The number of hydrogen-bond acceptors (Lipinski definition) is 5. The van der Waals surface area contributed by atoms with Crippen molar-refractivity contribution in [2.45, 2.75) is 44.4 Å². The number of aliphatic carboxylic acids is 1. The van der Waals surface area contributed by atoms with Gasteiger partial charge < -0.3 is 30.1 Å². The molecule has 3 amide bonds. The maximum Gasteiger partial charge on any atom is 0.323 e. The predicted molar refractivity (Wildman–Crippen MR) is 122 cm³/mol. The molecule has 2 aliphatic heterocycles. The Morgan fingerprint density at radius 1 is 1.15 bits per heavy atom. The van der Waals surface area contributed by atoms with Crippen molar-refractivity contribution in [3.63, 3.8) is 0 Å². The second-order valence-electron chi connectivity index (χ2n) is 8.37. The van der Waals surface area contributed by atoms with Gasteiger partial charge in [0.25, 0.3) is 5.91 Å². The lowest BCUT2D eigenvalue weighted by Crippen LogP contribution is -2.53. The molecule has 9 nitrogen and oxygen atoms in total. The predicted octanol–water partition coefficient (Wildman–Crippen LogP) is 3.49. The molecule has 2 aromatic rings. The van der Waals surface area contributed by atoms with Crippen molar-refractivity contribution in [3.8, 4) is 5.75 Å². The third kappa shape index (κ3) is 5.09. The molecule has 0 aromatic heterocycles. The Morgan fingerprint density at radius 3 is 2.70 bits per heavy atom. The maximum atomic E-state index is 13.2. The summed E-state index contributed by atoms with van der Waals surface area (Å²) < 4.78 is 11.8. The van der Waals surface area contributed by atoms with Gasteiger partial charge in [0.2, 0.25) is 0 Å². The zero-order valence-corrected chi connectivity index (χ0v) is 18.5. The molecule has 33 heavy (non-hydrogen) atoms. The van der Waals surface area contributed by atoms with E-state index in [1.165, 1.54) is 0 Å². The Hall–Kier alpha value is -3.59. The number of ether oxygens (including phenoxy) is 2. The van der Waals surface area contributed by atoms with Gasteiger partial charge in [-0.2, -0.15) is 0 Å². The largest absolute Gasteiger partial charge is 0.490 e.